The minimum absolute atomic E-state index is 0.0415. The third-order valence-electron chi connectivity index (χ3n) is 5.12. The molecule has 5 nitrogen and oxygen atoms in total. The zero-order valence-corrected chi connectivity index (χ0v) is 17.9. The van der Waals surface area contributed by atoms with Gasteiger partial charge in [0.1, 0.15) is 17.5 Å². The summed E-state index contributed by atoms with van der Waals surface area (Å²) < 4.78 is 29.3. The van der Waals surface area contributed by atoms with Crippen molar-refractivity contribution in [3.8, 4) is 0 Å². The highest BCUT2D eigenvalue weighted by molar-refractivity contribution is 7.99. The van der Waals surface area contributed by atoms with E-state index < -0.39 is 17.5 Å². The van der Waals surface area contributed by atoms with Gasteiger partial charge in [-0.3, -0.25) is 4.79 Å². The SMILES string of the molecule is O=C(CSc1nnc(Cc2cccs2)n1C1CCCCC1)Nc1cc(F)ccc1F. The fourth-order valence-electron chi connectivity index (χ4n) is 3.71. The van der Waals surface area contributed by atoms with E-state index in [-0.39, 0.29) is 11.4 Å². The molecule has 1 aromatic carbocycles. The van der Waals surface area contributed by atoms with Gasteiger partial charge in [-0.05, 0) is 36.4 Å². The lowest BCUT2D eigenvalue weighted by molar-refractivity contribution is -0.113. The number of anilines is 1. The number of thioether (sulfide) groups is 1. The second kappa shape index (κ2) is 9.70. The van der Waals surface area contributed by atoms with Gasteiger partial charge in [-0.1, -0.05) is 37.1 Å². The summed E-state index contributed by atoms with van der Waals surface area (Å²) in [6, 6.07) is 7.41. The zero-order chi connectivity index (χ0) is 20.9. The number of hydrogen-bond acceptors (Lipinski definition) is 5. The highest BCUT2D eigenvalue weighted by Gasteiger charge is 2.24. The van der Waals surface area contributed by atoms with Crippen LogP contribution in [0.4, 0.5) is 14.5 Å². The predicted octanol–water partition coefficient (Wildman–Crippen LogP) is 5.44. The zero-order valence-electron chi connectivity index (χ0n) is 16.3. The van der Waals surface area contributed by atoms with Crippen molar-refractivity contribution in [2.45, 2.75) is 49.7 Å². The smallest absolute Gasteiger partial charge is 0.234 e. The Kier molecular flexibility index (Phi) is 6.79. The number of nitrogens with zero attached hydrogens (tertiary/aromatic N) is 3. The molecule has 1 N–H and O–H groups in total. The summed E-state index contributed by atoms with van der Waals surface area (Å²) in [5.41, 5.74) is -0.160. The number of halogens is 2. The molecular formula is C21H22F2N4OS2. The van der Waals surface area contributed by atoms with Crippen LogP contribution in [0.5, 0.6) is 0 Å². The molecule has 0 aliphatic heterocycles. The minimum Gasteiger partial charge on any atom is -0.323 e. The van der Waals surface area contributed by atoms with Crippen LogP contribution >= 0.6 is 23.1 Å². The highest BCUT2D eigenvalue weighted by atomic mass is 32.2. The average Bonchev–Trinajstić information content (AvgIpc) is 3.40. The van der Waals surface area contributed by atoms with E-state index in [2.05, 4.69) is 26.1 Å². The lowest BCUT2D eigenvalue weighted by atomic mass is 9.95. The second-order valence-electron chi connectivity index (χ2n) is 7.28. The summed E-state index contributed by atoms with van der Waals surface area (Å²) in [5.74, 6) is -0.737. The van der Waals surface area contributed by atoms with Crippen molar-refractivity contribution in [2.75, 3.05) is 11.1 Å². The second-order valence-corrected chi connectivity index (χ2v) is 9.25. The summed E-state index contributed by atoms with van der Waals surface area (Å²) in [5, 5.41) is 13.9. The molecule has 9 heteroatoms. The third kappa shape index (κ3) is 5.07. The summed E-state index contributed by atoms with van der Waals surface area (Å²) >= 11 is 2.96. The number of aromatic nitrogens is 3. The molecule has 0 bridgehead atoms. The van der Waals surface area contributed by atoms with Crippen LogP contribution in [0.15, 0.2) is 40.9 Å². The van der Waals surface area contributed by atoms with Gasteiger partial charge in [0.25, 0.3) is 0 Å². The summed E-state index contributed by atoms with van der Waals surface area (Å²) in [7, 11) is 0. The van der Waals surface area contributed by atoms with Crippen molar-refractivity contribution in [3.63, 3.8) is 0 Å². The van der Waals surface area contributed by atoms with Gasteiger partial charge in [-0.25, -0.2) is 8.78 Å². The molecule has 1 saturated carbocycles. The van der Waals surface area contributed by atoms with Crippen LogP contribution in [0.1, 0.15) is 48.8 Å². The molecule has 2 aromatic heterocycles. The van der Waals surface area contributed by atoms with Gasteiger partial charge in [-0.2, -0.15) is 0 Å². The topological polar surface area (TPSA) is 59.8 Å². The average molecular weight is 449 g/mol. The van der Waals surface area contributed by atoms with E-state index in [0.717, 1.165) is 36.9 Å². The highest BCUT2D eigenvalue weighted by Crippen LogP contribution is 2.33. The Bertz CT molecular complexity index is 1000. The molecular weight excluding hydrogens is 426 g/mol. The Hall–Kier alpha value is -2.26. The van der Waals surface area contributed by atoms with Crippen LogP contribution in [0.3, 0.4) is 0 Å². The van der Waals surface area contributed by atoms with Crippen molar-refractivity contribution >= 4 is 34.7 Å². The number of carbonyl (C=O) groups is 1. The molecule has 1 fully saturated rings. The van der Waals surface area contributed by atoms with E-state index in [1.165, 1.54) is 35.9 Å². The van der Waals surface area contributed by atoms with E-state index >= 15 is 0 Å². The number of amides is 1. The first-order valence-corrected chi connectivity index (χ1v) is 11.8. The van der Waals surface area contributed by atoms with Crippen molar-refractivity contribution in [1.82, 2.24) is 14.8 Å². The molecule has 1 aliphatic carbocycles. The standard InChI is InChI=1S/C21H22F2N4OS2/c22-14-8-9-17(23)18(11-14)24-20(28)13-30-21-26-25-19(12-16-7-4-10-29-16)27(21)15-5-2-1-3-6-15/h4,7-11,15H,1-3,5-6,12-13H2,(H,24,28). The van der Waals surface area contributed by atoms with E-state index in [4.69, 9.17) is 0 Å². The van der Waals surface area contributed by atoms with Crippen molar-refractivity contribution < 1.29 is 13.6 Å². The van der Waals surface area contributed by atoms with Crippen LogP contribution in [0, 0.1) is 11.6 Å². The summed E-state index contributed by atoms with van der Waals surface area (Å²) in [6.45, 7) is 0. The molecule has 4 rings (SSSR count). The van der Waals surface area contributed by atoms with Crippen LogP contribution in [-0.4, -0.2) is 26.4 Å². The van der Waals surface area contributed by atoms with Gasteiger partial charge in [0, 0.05) is 23.4 Å². The predicted molar refractivity (Wildman–Crippen MR) is 115 cm³/mol. The first-order chi connectivity index (χ1) is 14.6. The molecule has 0 saturated heterocycles. The fraction of sp³-hybridized carbons (Fsp3) is 0.381. The molecule has 3 aromatic rings. The minimum atomic E-state index is -0.668. The Balaban J connectivity index is 1.48. The summed E-state index contributed by atoms with van der Waals surface area (Å²) in [6.07, 6.45) is 6.44. The number of rotatable bonds is 7. The monoisotopic (exact) mass is 448 g/mol. The number of carbonyl (C=O) groups excluding carboxylic acids is 1. The molecule has 1 amide bonds. The quantitative estimate of drug-likeness (QED) is 0.489. The van der Waals surface area contributed by atoms with Gasteiger partial charge >= 0.3 is 0 Å². The van der Waals surface area contributed by atoms with E-state index in [0.29, 0.717) is 17.6 Å². The Morgan fingerprint density at radius 1 is 1.20 bits per heavy atom. The lowest BCUT2D eigenvalue weighted by Crippen LogP contribution is -2.18. The molecule has 0 unspecified atom stereocenters. The Morgan fingerprint density at radius 3 is 2.80 bits per heavy atom. The van der Waals surface area contributed by atoms with E-state index in [1.54, 1.807) is 11.3 Å². The maximum absolute atomic E-state index is 13.8. The first kappa shape index (κ1) is 21.0. The van der Waals surface area contributed by atoms with E-state index in [9.17, 15) is 13.6 Å². The Morgan fingerprint density at radius 2 is 2.03 bits per heavy atom. The normalized spacial score (nSPS) is 14.7. The molecule has 0 radical (unpaired) electrons. The van der Waals surface area contributed by atoms with Gasteiger partial charge in [0.2, 0.25) is 5.91 Å². The van der Waals surface area contributed by atoms with Crippen LogP contribution in [0.2, 0.25) is 0 Å². The lowest BCUT2D eigenvalue weighted by Gasteiger charge is -2.25. The van der Waals surface area contributed by atoms with Gasteiger partial charge < -0.3 is 9.88 Å². The maximum Gasteiger partial charge on any atom is 0.234 e. The van der Waals surface area contributed by atoms with Crippen LogP contribution < -0.4 is 5.32 Å². The molecule has 1 aliphatic rings. The maximum atomic E-state index is 13.8. The van der Waals surface area contributed by atoms with Crippen LogP contribution in [-0.2, 0) is 11.2 Å². The van der Waals surface area contributed by atoms with E-state index in [1.807, 2.05) is 11.4 Å². The van der Waals surface area contributed by atoms with Crippen LogP contribution in [0.25, 0.3) is 0 Å². The fourth-order valence-corrected chi connectivity index (χ4v) is 5.24. The number of benzene rings is 1. The molecule has 30 heavy (non-hydrogen) atoms. The van der Waals surface area contributed by atoms with Crippen molar-refractivity contribution in [3.05, 3.63) is 58.0 Å². The molecule has 2 heterocycles. The number of nitrogens with one attached hydrogen (secondary N) is 1. The summed E-state index contributed by atoms with van der Waals surface area (Å²) in [4.78, 5) is 13.5. The van der Waals surface area contributed by atoms with Crippen molar-refractivity contribution in [2.24, 2.45) is 0 Å². The van der Waals surface area contributed by atoms with Gasteiger partial charge in [0.15, 0.2) is 5.16 Å². The first-order valence-electron chi connectivity index (χ1n) is 9.94. The number of hydrogen-bond donors (Lipinski definition) is 1. The third-order valence-corrected chi connectivity index (χ3v) is 6.94. The molecule has 0 atom stereocenters. The van der Waals surface area contributed by atoms with Gasteiger partial charge in [0.05, 0.1) is 11.4 Å². The molecule has 158 valence electrons. The van der Waals surface area contributed by atoms with Gasteiger partial charge in [-0.15, -0.1) is 21.5 Å². The van der Waals surface area contributed by atoms with Crippen molar-refractivity contribution in [1.29, 1.82) is 0 Å². The largest absolute Gasteiger partial charge is 0.323 e. The number of thiophene rings is 1. The Labute approximate surface area is 181 Å². The molecule has 0 spiro atoms.